The highest BCUT2D eigenvalue weighted by Gasteiger charge is 2.53. The molecule has 22 heavy (non-hydrogen) atoms. The number of halogens is 2. The van der Waals surface area contributed by atoms with Gasteiger partial charge in [0, 0.05) is 13.1 Å². The Labute approximate surface area is 127 Å². The Morgan fingerprint density at radius 3 is 2.41 bits per heavy atom. The van der Waals surface area contributed by atoms with Gasteiger partial charge in [-0.15, -0.1) is 0 Å². The van der Waals surface area contributed by atoms with Crippen molar-refractivity contribution in [1.82, 2.24) is 4.31 Å². The Balaban J connectivity index is 2.15. The Morgan fingerprint density at radius 1 is 1.23 bits per heavy atom. The van der Waals surface area contributed by atoms with Gasteiger partial charge < -0.3 is 9.84 Å². The van der Waals surface area contributed by atoms with Gasteiger partial charge in [-0.05, 0) is 11.6 Å². The summed E-state index contributed by atoms with van der Waals surface area (Å²) in [6.07, 6.45) is -0.388. The number of ether oxygens (including phenoxy) is 1. The topological polar surface area (TPSA) is 66.8 Å². The molecule has 0 spiro atoms. The second kappa shape index (κ2) is 6.82. The number of morpholine rings is 1. The Hall–Kier alpha value is -1.35. The average molecular weight is 333 g/mol. The van der Waals surface area contributed by atoms with Crippen LogP contribution in [0.1, 0.15) is 5.56 Å². The molecule has 0 amide bonds. The molecule has 122 valence electrons. The van der Waals surface area contributed by atoms with E-state index >= 15 is 0 Å². The largest absolute Gasteiger partial charge is 0.387 e. The first-order valence-corrected chi connectivity index (χ1v) is 8.16. The monoisotopic (exact) mass is 333 g/mol. The normalized spacial score (nSPS) is 19.4. The van der Waals surface area contributed by atoms with Crippen molar-refractivity contribution in [3.63, 3.8) is 0 Å². The number of aliphatic hydroxyl groups is 1. The average Bonchev–Trinajstić information content (AvgIpc) is 2.54. The molecule has 1 heterocycles. The number of rotatable bonds is 5. The first-order valence-electron chi connectivity index (χ1n) is 6.72. The zero-order valence-corrected chi connectivity index (χ0v) is 12.5. The van der Waals surface area contributed by atoms with E-state index in [9.17, 15) is 22.3 Å². The number of hydrogen-bond donors (Lipinski definition) is 1. The van der Waals surface area contributed by atoms with Crippen molar-refractivity contribution in [2.24, 2.45) is 0 Å². The van der Waals surface area contributed by atoms with Crippen LogP contribution < -0.4 is 0 Å². The zero-order valence-electron chi connectivity index (χ0n) is 11.7. The molecule has 1 aliphatic rings. The molecule has 0 radical (unpaired) electrons. The van der Waals surface area contributed by atoms with Crippen LogP contribution in [0.2, 0.25) is 0 Å². The van der Waals surface area contributed by atoms with Gasteiger partial charge >= 0.3 is 5.25 Å². The van der Waals surface area contributed by atoms with E-state index in [-0.39, 0.29) is 26.3 Å². The number of alkyl halides is 2. The fourth-order valence-corrected chi connectivity index (χ4v) is 3.35. The van der Waals surface area contributed by atoms with Crippen LogP contribution in [-0.2, 0) is 14.8 Å². The molecule has 5 nitrogen and oxygen atoms in total. The number of hydrogen-bond acceptors (Lipinski definition) is 4. The minimum Gasteiger partial charge on any atom is -0.381 e. The fourth-order valence-electron chi connectivity index (χ4n) is 1.99. The summed E-state index contributed by atoms with van der Waals surface area (Å²) >= 11 is 0. The highest BCUT2D eigenvalue weighted by molar-refractivity contribution is 7.90. The summed E-state index contributed by atoms with van der Waals surface area (Å²) in [6.45, 7) is -0.170. The molecule has 0 aromatic heterocycles. The number of aliphatic hydroxyl groups excluding tert-OH is 1. The van der Waals surface area contributed by atoms with E-state index in [1.54, 1.807) is 30.3 Å². The van der Waals surface area contributed by atoms with E-state index < -0.39 is 21.4 Å². The number of nitrogens with zero attached hydrogens (tertiary/aromatic N) is 1. The van der Waals surface area contributed by atoms with Gasteiger partial charge in [0.1, 0.15) is 0 Å². The summed E-state index contributed by atoms with van der Waals surface area (Å²) in [5.41, 5.74) is 0.584. The molecular weight excluding hydrogens is 316 g/mol. The molecule has 1 atom stereocenters. The van der Waals surface area contributed by atoms with Gasteiger partial charge in [0.15, 0.2) is 6.10 Å². The summed E-state index contributed by atoms with van der Waals surface area (Å²) in [6, 6.07) is 8.46. The van der Waals surface area contributed by atoms with E-state index in [1.165, 1.54) is 6.08 Å². The first kappa shape index (κ1) is 17.0. The Morgan fingerprint density at radius 2 is 1.82 bits per heavy atom. The number of benzene rings is 1. The SMILES string of the molecule is O=S(=O)(N1CCOCC1)C(F)(F)C(O)/C=C/c1ccccc1. The van der Waals surface area contributed by atoms with Gasteiger partial charge in [-0.2, -0.15) is 13.1 Å². The van der Waals surface area contributed by atoms with Crippen LogP contribution in [0.4, 0.5) is 8.78 Å². The molecule has 8 heteroatoms. The lowest BCUT2D eigenvalue weighted by Crippen LogP contribution is -2.52. The van der Waals surface area contributed by atoms with E-state index in [0.29, 0.717) is 9.87 Å². The van der Waals surface area contributed by atoms with E-state index in [2.05, 4.69) is 0 Å². The maximum atomic E-state index is 14.1. The van der Waals surface area contributed by atoms with E-state index in [1.807, 2.05) is 0 Å². The second-order valence-electron chi connectivity index (χ2n) is 4.79. The lowest BCUT2D eigenvalue weighted by Gasteiger charge is -2.31. The smallest absolute Gasteiger partial charge is 0.381 e. The minimum atomic E-state index is -4.95. The summed E-state index contributed by atoms with van der Waals surface area (Å²) in [4.78, 5) is 0. The van der Waals surface area contributed by atoms with Crippen LogP contribution in [0.15, 0.2) is 36.4 Å². The lowest BCUT2D eigenvalue weighted by molar-refractivity contribution is -0.0236. The van der Waals surface area contributed by atoms with Crippen LogP contribution >= 0.6 is 0 Å². The van der Waals surface area contributed by atoms with Crippen LogP contribution in [-0.4, -0.2) is 55.5 Å². The molecule has 1 fully saturated rings. The predicted octanol–water partition coefficient (Wildman–Crippen LogP) is 1.32. The lowest BCUT2D eigenvalue weighted by atomic mass is 10.2. The molecule has 1 N–H and O–H groups in total. The van der Waals surface area contributed by atoms with Gasteiger partial charge in [-0.25, -0.2) is 8.42 Å². The highest BCUT2D eigenvalue weighted by atomic mass is 32.2. The van der Waals surface area contributed by atoms with Gasteiger partial charge in [-0.1, -0.05) is 36.4 Å². The van der Waals surface area contributed by atoms with Gasteiger partial charge in [0.25, 0.3) is 10.0 Å². The van der Waals surface area contributed by atoms with Crippen molar-refractivity contribution in [1.29, 1.82) is 0 Å². The molecule has 1 saturated heterocycles. The Kier molecular flexibility index (Phi) is 5.28. The molecular formula is C14H17F2NO4S. The minimum absolute atomic E-state index is 0.0608. The van der Waals surface area contributed by atoms with Crippen molar-refractivity contribution in [2.45, 2.75) is 11.4 Å². The molecule has 0 bridgehead atoms. The predicted molar refractivity (Wildman–Crippen MR) is 77.7 cm³/mol. The quantitative estimate of drug-likeness (QED) is 0.882. The second-order valence-corrected chi connectivity index (χ2v) is 6.80. The molecule has 1 aromatic carbocycles. The maximum Gasteiger partial charge on any atom is 0.387 e. The van der Waals surface area contributed by atoms with Crippen molar-refractivity contribution in [3.8, 4) is 0 Å². The maximum absolute atomic E-state index is 14.1. The molecule has 0 saturated carbocycles. The van der Waals surface area contributed by atoms with Crippen molar-refractivity contribution in [2.75, 3.05) is 26.3 Å². The standard InChI is InChI=1S/C14H17F2NO4S/c15-14(16,22(19,20)17-8-10-21-11-9-17)13(18)7-6-12-4-2-1-3-5-12/h1-7,13,18H,8-11H2/b7-6+. The van der Waals surface area contributed by atoms with Crippen LogP contribution in [0, 0.1) is 0 Å². The zero-order chi connectivity index (χ0) is 16.2. The first-order chi connectivity index (χ1) is 10.4. The Bertz CT molecular complexity index is 613. The van der Waals surface area contributed by atoms with E-state index in [0.717, 1.165) is 6.08 Å². The van der Waals surface area contributed by atoms with Crippen LogP contribution in [0.5, 0.6) is 0 Å². The molecule has 1 aromatic rings. The van der Waals surface area contributed by atoms with Crippen LogP contribution in [0.3, 0.4) is 0 Å². The third-order valence-corrected chi connectivity index (χ3v) is 5.24. The van der Waals surface area contributed by atoms with Crippen molar-refractivity contribution < 1.29 is 27.0 Å². The summed E-state index contributed by atoms with van der Waals surface area (Å²) in [7, 11) is -4.95. The molecule has 0 aliphatic carbocycles. The third kappa shape index (κ3) is 3.52. The highest BCUT2D eigenvalue weighted by Crippen LogP contribution is 2.30. The summed E-state index contributed by atoms with van der Waals surface area (Å²) in [5.74, 6) is 0. The molecule has 1 unspecified atom stereocenters. The van der Waals surface area contributed by atoms with Gasteiger partial charge in [0.2, 0.25) is 0 Å². The van der Waals surface area contributed by atoms with Crippen molar-refractivity contribution >= 4 is 16.1 Å². The van der Waals surface area contributed by atoms with Gasteiger partial charge in [0.05, 0.1) is 13.2 Å². The number of sulfonamides is 1. The van der Waals surface area contributed by atoms with Crippen molar-refractivity contribution in [3.05, 3.63) is 42.0 Å². The summed E-state index contributed by atoms with van der Waals surface area (Å²) < 4.78 is 57.8. The third-order valence-electron chi connectivity index (χ3n) is 3.27. The van der Waals surface area contributed by atoms with E-state index in [4.69, 9.17) is 4.74 Å². The summed E-state index contributed by atoms with van der Waals surface area (Å²) in [5, 5.41) is 5.33. The van der Waals surface area contributed by atoms with Gasteiger partial charge in [-0.3, -0.25) is 0 Å². The molecule has 1 aliphatic heterocycles. The van der Waals surface area contributed by atoms with Crippen LogP contribution in [0.25, 0.3) is 6.08 Å². The molecule has 2 rings (SSSR count). The fraction of sp³-hybridized carbons (Fsp3) is 0.429.